The van der Waals surface area contributed by atoms with Crippen LogP contribution in [0.5, 0.6) is 0 Å². The molecule has 1 N–H and O–H groups in total. The van der Waals surface area contributed by atoms with Gasteiger partial charge in [0.25, 0.3) is 0 Å². The summed E-state index contributed by atoms with van der Waals surface area (Å²) < 4.78 is 31.6. The number of imidazole rings is 1. The first-order valence-electron chi connectivity index (χ1n) is 13.5. The zero-order valence-corrected chi connectivity index (χ0v) is 23.4. The number of amides is 1. The predicted octanol–water partition coefficient (Wildman–Crippen LogP) is 4.88. The highest BCUT2D eigenvalue weighted by atomic mass is 32.2. The summed E-state index contributed by atoms with van der Waals surface area (Å²) in [4.78, 5) is 31.8. The molecule has 0 spiro atoms. The maximum Gasteiger partial charge on any atom is 0.414 e. The van der Waals surface area contributed by atoms with Crippen LogP contribution in [0, 0.1) is 0 Å². The van der Waals surface area contributed by atoms with Gasteiger partial charge >= 0.3 is 12.1 Å². The molecule has 2 atom stereocenters. The van der Waals surface area contributed by atoms with E-state index in [1.807, 2.05) is 49.4 Å². The second-order valence-corrected chi connectivity index (χ2v) is 13.1. The molecule has 1 fully saturated rings. The molecule has 1 aliphatic heterocycles. The quantitative estimate of drug-likeness (QED) is 0.462. The Morgan fingerprint density at radius 2 is 1.77 bits per heavy atom. The van der Waals surface area contributed by atoms with E-state index in [9.17, 15) is 23.1 Å². The minimum atomic E-state index is -3.12. The van der Waals surface area contributed by atoms with Crippen LogP contribution in [0.1, 0.15) is 67.9 Å². The normalized spacial score (nSPS) is 22.3. The van der Waals surface area contributed by atoms with Gasteiger partial charge in [0.1, 0.15) is 15.7 Å². The second-order valence-electron chi connectivity index (χ2n) is 10.8. The molecule has 208 valence electrons. The van der Waals surface area contributed by atoms with Crippen LogP contribution in [0.4, 0.5) is 10.5 Å². The van der Waals surface area contributed by atoms with Crippen molar-refractivity contribution in [2.45, 2.75) is 75.1 Å². The molecule has 1 amide bonds. The lowest BCUT2D eigenvalue weighted by molar-refractivity contribution is -0.138. The molecule has 10 heteroatoms. The standard InChI is InChI=1S/C29H35N3O6S/c1-18-9-14-22-24(31(18)29(35)38-2)15-16-25-27(22)30-26(17-23(28(33)34)19-7-5-4-6-8-19)32(25)20-10-12-21(13-11-20)39(3,36)37/h4-8,15-16,18,20-21,23H,9-14,17H2,1-3H3,(H,33,34)/t18-,20-,21-,23?/m0/s1. The van der Waals surface area contributed by atoms with Crippen LogP contribution >= 0.6 is 0 Å². The smallest absolute Gasteiger partial charge is 0.414 e. The zero-order chi connectivity index (χ0) is 27.9. The van der Waals surface area contributed by atoms with Gasteiger partial charge in [0.05, 0.1) is 35.0 Å². The Balaban J connectivity index is 1.63. The van der Waals surface area contributed by atoms with E-state index in [0.29, 0.717) is 37.1 Å². The highest BCUT2D eigenvalue weighted by molar-refractivity contribution is 7.91. The van der Waals surface area contributed by atoms with Crippen molar-refractivity contribution in [2.24, 2.45) is 0 Å². The van der Waals surface area contributed by atoms with Crippen LogP contribution in [-0.2, 0) is 32.2 Å². The monoisotopic (exact) mass is 553 g/mol. The first-order valence-corrected chi connectivity index (χ1v) is 15.4. The maximum absolute atomic E-state index is 12.6. The topological polar surface area (TPSA) is 119 Å². The molecule has 2 heterocycles. The van der Waals surface area contributed by atoms with Crippen LogP contribution in [0.15, 0.2) is 42.5 Å². The Morgan fingerprint density at radius 1 is 1.08 bits per heavy atom. The number of carboxylic acid groups (broad SMARTS) is 1. The third-order valence-corrected chi connectivity index (χ3v) is 10.1. The molecular formula is C29H35N3O6S. The summed E-state index contributed by atoms with van der Waals surface area (Å²) in [5, 5.41) is 9.82. The maximum atomic E-state index is 12.6. The third-order valence-electron chi connectivity index (χ3n) is 8.40. The van der Waals surface area contributed by atoms with Crippen LogP contribution in [0.2, 0.25) is 0 Å². The number of hydrogen-bond acceptors (Lipinski definition) is 6. The Morgan fingerprint density at radius 3 is 2.38 bits per heavy atom. The van der Waals surface area contributed by atoms with Crippen LogP contribution in [0.25, 0.3) is 11.0 Å². The van der Waals surface area contributed by atoms with Gasteiger partial charge in [-0.1, -0.05) is 30.3 Å². The fourth-order valence-electron chi connectivity index (χ4n) is 6.32. The van der Waals surface area contributed by atoms with E-state index >= 15 is 0 Å². The van der Waals surface area contributed by atoms with Gasteiger partial charge in [0.2, 0.25) is 0 Å². The molecular weight excluding hydrogens is 518 g/mol. The summed E-state index contributed by atoms with van der Waals surface area (Å²) in [5.74, 6) is -1.04. The number of hydrogen-bond donors (Lipinski definition) is 1. The van der Waals surface area contributed by atoms with Crippen LogP contribution in [-0.4, -0.2) is 59.8 Å². The predicted molar refractivity (Wildman–Crippen MR) is 149 cm³/mol. The summed E-state index contributed by atoms with van der Waals surface area (Å²) in [5.41, 5.74) is 4.08. The molecule has 1 saturated carbocycles. The van der Waals surface area contributed by atoms with E-state index in [2.05, 4.69) is 4.57 Å². The number of carbonyl (C=O) groups is 2. The van der Waals surface area contributed by atoms with Crippen LogP contribution < -0.4 is 4.90 Å². The highest BCUT2D eigenvalue weighted by Crippen LogP contribution is 2.41. The molecule has 0 radical (unpaired) electrons. The molecule has 1 aromatic heterocycles. The second kappa shape index (κ2) is 10.6. The van der Waals surface area contributed by atoms with Crippen molar-refractivity contribution in [2.75, 3.05) is 18.3 Å². The lowest BCUT2D eigenvalue weighted by Gasteiger charge is -2.34. The molecule has 3 aromatic rings. The van der Waals surface area contributed by atoms with Gasteiger partial charge < -0.3 is 14.4 Å². The molecule has 1 unspecified atom stereocenters. The number of sulfone groups is 1. The average Bonchev–Trinajstić information content (AvgIpc) is 3.29. The largest absolute Gasteiger partial charge is 0.481 e. The Kier molecular flexibility index (Phi) is 7.41. The van der Waals surface area contributed by atoms with Crippen LogP contribution in [0.3, 0.4) is 0 Å². The molecule has 1 aliphatic carbocycles. The molecule has 2 aromatic carbocycles. The number of benzene rings is 2. The van der Waals surface area contributed by atoms with E-state index in [4.69, 9.17) is 9.72 Å². The Hall–Kier alpha value is -3.40. The number of ether oxygens (including phenoxy) is 1. The van der Waals surface area contributed by atoms with E-state index in [0.717, 1.165) is 35.1 Å². The fraction of sp³-hybridized carbons (Fsp3) is 0.483. The number of carbonyl (C=O) groups excluding carboxylic acids is 1. The van der Waals surface area contributed by atoms with E-state index in [1.165, 1.54) is 13.4 Å². The van der Waals surface area contributed by atoms with Crippen molar-refractivity contribution >= 4 is 38.6 Å². The molecule has 5 rings (SSSR count). The Labute approximate surface area is 228 Å². The minimum absolute atomic E-state index is 0.00509. The fourth-order valence-corrected chi connectivity index (χ4v) is 7.45. The SMILES string of the molecule is COC(=O)N1c2ccc3c(nc(CC(C(=O)O)c4ccccc4)n3[C@H]3CC[C@H](S(C)(=O)=O)CC3)c2CC[C@@H]1C. The molecule has 39 heavy (non-hydrogen) atoms. The van der Waals surface area contributed by atoms with Gasteiger partial charge in [0, 0.05) is 30.3 Å². The van der Waals surface area contributed by atoms with Gasteiger partial charge in [-0.15, -0.1) is 0 Å². The summed E-state index contributed by atoms with van der Waals surface area (Å²) in [6, 6.07) is 13.0. The van der Waals surface area contributed by atoms with Gasteiger partial charge in [-0.05, 0) is 63.1 Å². The summed E-state index contributed by atoms with van der Waals surface area (Å²) in [7, 11) is -1.75. The van der Waals surface area contributed by atoms with Crippen molar-refractivity contribution in [1.82, 2.24) is 9.55 Å². The number of methoxy groups -OCH3 is 1. The molecule has 0 bridgehead atoms. The van der Waals surface area contributed by atoms with Crippen molar-refractivity contribution in [1.29, 1.82) is 0 Å². The van der Waals surface area contributed by atoms with E-state index in [-0.39, 0.29) is 23.8 Å². The van der Waals surface area contributed by atoms with Crippen molar-refractivity contribution < 1.29 is 27.9 Å². The average molecular weight is 554 g/mol. The minimum Gasteiger partial charge on any atom is -0.481 e. The number of aromatic nitrogens is 2. The number of anilines is 1. The number of nitrogens with zero attached hydrogens (tertiary/aromatic N) is 3. The van der Waals surface area contributed by atoms with Gasteiger partial charge in [-0.2, -0.15) is 0 Å². The first kappa shape index (κ1) is 27.2. The van der Waals surface area contributed by atoms with Gasteiger partial charge in [0.15, 0.2) is 0 Å². The number of aliphatic carboxylic acids is 1. The third kappa shape index (κ3) is 5.14. The molecule has 0 saturated heterocycles. The van der Waals surface area contributed by atoms with Crippen molar-refractivity contribution in [3.8, 4) is 0 Å². The summed E-state index contributed by atoms with van der Waals surface area (Å²) in [6.07, 6.45) is 5.02. The number of aryl methyl sites for hydroxylation is 1. The number of carboxylic acids is 1. The molecule has 2 aliphatic rings. The highest BCUT2D eigenvalue weighted by Gasteiger charge is 2.35. The number of fused-ring (bicyclic) bond motifs is 3. The van der Waals surface area contributed by atoms with E-state index < -0.39 is 27.8 Å². The summed E-state index contributed by atoms with van der Waals surface area (Å²) in [6.45, 7) is 1.99. The lowest BCUT2D eigenvalue weighted by Crippen LogP contribution is -2.42. The first-order chi connectivity index (χ1) is 18.6. The number of rotatable bonds is 6. The van der Waals surface area contributed by atoms with Crippen molar-refractivity contribution in [3.63, 3.8) is 0 Å². The van der Waals surface area contributed by atoms with Gasteiger partial charge in [-0.3, -0.25) is 9.69 Å². The van der Waals surface area contributed by atoms with Crippen molar-refractivity contribution in [3.05, 3.63) is 59.4 Å². The lowest BCUT2D eigenvalue weighted by atomic mass is 9.92. The summed E-state index contributed by atoms with van der Waals surface area (Å²) >= 11 is 0. The molecule has 9 nitrogen and oxygen atoms in total. The Bertz CT molecular complexity index is 1490. The zero-order valence-electron chi connectivity index (χ0n) is 22.5. The van der Waals surface area contributed by atoms with Gasteiger partial charge in [-0.25, -0.2) is 18.2 Å². The van der Waals surface area contributed by atoms with E-state index in [1.54, 1.807) is 4.90 Å².